The van der Waals surface area contributed by atoms with E-state index in [-0.39, 0.29) is 18.8 Å². The summed E-state index contributed by atoms with van der Waals surface area (Å²) >= 11 is 0. The number of hydrogen-bond acceptors (Lipinski definition) is 4. The lowest BCUT2D eigenvalue weighted by Crippen LogP contribution is -2.52. The summed E-state index contributed by atoms with van der Waals surface area (Å²) in [5.41, 5.74) is 0.108. The summed E-state index contributed by atoms with van der Waals surface area (Å²) in [5.74, 6) is -2.72. The SMILES string of the molecule is CNCc1cc(F)c(N2CC(=O)NC(=O)C2)c(F)c1. The highest BCUT2D eigenvalue weighted by Gasteiger charge is 2.27. The minimum atomic E-state index is -0.784. The van der Waals surface area contributed by atoms with Crippen LogP contribution in [0, 0.1) is 11.6 Å². The molecule has 102 valence electrons. The van der Waals surface area contributed by atoms with Gasteiger partial charge in [0.05, 0.1) is 13.1 Å². The molecule has 0 aliphatic carbocycles. The van der Waals surface area contributed by atoms with Crippen LogP contribution in [0.15, 0.2) is 12.1 Å². The predicted molar refractivity (Wildman–Crippen MR) is 64.5 cm³/mol. The van der Waals surface area contributed by atoms with E-state index in [0.29, 0.717) is 12.1 Å². The Morgan fingerprint density at radius 3 is 2.21 bits per heavy atom. The number of halogens is 2. The van der Waals surface area contributed by atoms with Crippen molar-refractivity contribution in [2.75, 3.05) is 25.0 Å². The second-order valence-electron chi connectivity index (χ2n) is 4.27. The Bertz CT molecular complexity index is 495. The first-order chi connectivity index (χ1) is 9.01. The Hall–Kier alpha value is -2.02. The van der Waals surface area contributed by atoms with Crippen molar-refractivity contribution in [1.29, 1.82) is 0 Å². The standard InChI is InChI=1S/C12H13F2N3O2/c1-15-4-7-2-8(13)12(9(14)3-7)17-5-10(18)16-11(19)6-17/h2-3,15H,4-6H2,1H3,(H,16,18,19). The summed E-state index contributed by atoms with van der Waals surface area (Å²) in [5, 5.41) is 4.86. The molecule has 1 heterocycles. The molecule has 1 aromatic rings. The lowest BCUT2D eigenvalue weighted by Gasteiger charge is -2.28. The van der Waals surface area contributed by atoms with Gasteiger partial charge in [0.15, 0.2) is 0 Å². The van der Waals surface area contributed by atoms with Gasteiger partial charge < -0.3 is 10.2 Å². The number of carbonyl (C=O) groups is 2. The van der Waals surface area contributed by atoms with Gasteiger partial charge >= 0.3 is 0 Å². The molecule has 7 heteroatoms. The molecule has 1 aromatic carbocycles. The summed E-state index contributed by atoms with van der Waals surface area (Å²) in [4.78, 5) is 23.5. The zero-order valence-corrected chi connectivity index (χ0v) is 10.3. The molecule has 0 unspecified atom stereocenters. The summed E-state index contributed by atoms with van der Waals surface area (Å²) in [6.45, 7) is -0.163. The maximum atomic E-state index is 13.9. The second-order valence-corrected chi connectivity index (χ2v) is 4.27. The molecule has 0 spiro atoms. The van der Waals surface area contributed by atoms with E-state index in [1.165, 1.54) is 12.1 Å². The first kappa shape index (κ1) is 13.4. The monoisotopic (exact) mass is 269 g/mol. The van der Waals surface area contributed by atoms with Crippen molar-refractivity contribution in [2.45, 2.75) is 6.54 Å². The minimum Gasteiger partial charge on any atom is -0.348 e. The van der Waals surface area contributed by atoms with Crippen molar-refractivity contribution in [3.63, 3.8) is 0 Å². The van der Waals surface area contributed by atoms with Crippen LogP contribution in [-0.2, 0) is 16.1 Å². The summed E-state index contributed by atoms with van der Waals surface area (Å²) in [7, 11) is 1.66. The summed E-state index contributed by atoms with van der Waals surface area (Å²) in [6.07, 6.45) is 0. The number of piperazine rings is 1. The Morgan fingerprint density at radius 1 is 1.21 bits per heavy atom. The number of nitrogens with one attached hydrogen (secondary N) is 2. The quantitative estimate of drug-likeness (QED) is 0.767. The van der Waals surface area contributed by atoms with Gasteiger partial charge in [-0.2, -0.15) is 0 Å². The van der Waals surface area contributed by atoms with Crippen LogP contribution in [0.25, 0.3) is 0 Å². The number of carbonyl (C=O) groups excluding carboxylic acids is 2. The summed E-state index contributed by atoms with van der Waals surface area (Å²) in [6, 6.07) is 2.37. The van der Waals surface area contributed by atoms with Gasteiger partial charge in [0.25, 0.3) is 0 Å². The van der Waals surface area contributed by atoms with Gasteiger partial charge in [0.2, 0.25) is 11.8 Å². The molecule has 0 saturated carbocycles. The van der Waals surface area contributed by atoms with Gasteiger partial charge in [-0.25, -0.2) is 8.78 Å². The van der Waals surface area contributed by atoms with Crippen molar-refractivity contribution in [2.24, 2.45) is 0 Å². The molecule has 19 heavy (non-hydrogen) atoms. The van der Waals surface area contributed by atoms with Crippen LogP contribution < -0.4 is 15.5 Å². The lowest BCUT2D eigenvalue weighted by molar-refractivity contribution is -0.130. The number of hydrogen-bond donors (Lipinski definition) is 2. The van der Waals surface area contributed by atoms with E-state index >= 15 is 0 Å². The third-order valence-corrected chi connectivity index (χ3v) is 2.72. The van der Waals surface area contributed by atoms with Gasteiger partial charge in [0, 0.05) is 6.54 Å². The topological polar surface area (TPSA) is 61.4 Å². The average molecular weight is 269 g/mol. The van der Waals surface area contributed by atoms with Crippen molar-refractivity contribution < 1.29 is 18.4 Å². The second kappa shape index (κ2) is 5.31. The van der Waals surface area contributed by atoms with Crippen molar-refractivity contribution in [1.82, 2.24) is 10.6 Å². The lowest BCUT2D eigenvalue weighted by atomic mass is 10.1. The van der Waals surface area contributed by atoms with E-state index in [2.05, 4.69) is 10.6 Å². The highest BCUT2D eigenvalue weighted by atomic mass is 19.1. The molecule has 1 aliphatic heterocycles. The van der Waals surface area contributed by atoms with Crippen LogP contribution in [0.1, 0.15) is 5.56 Å². The number of amides is 2. The smallest absolute Gasteiger partial charge is 0.246 e. The molecule has 0 radical (unpaired) electrons. The zero-order chi connectivity index (χ0) is 14.0. The Balaban J connectivity index is 2.34. The van der Waals surface area contributed by atoms with Gasteiger partial charge in [0.1, 0.15) is 17.3 Å². The molecule has 0 aromatic heterocycles. The molecular weight excluding hydrogens is 256 g/mol. The molecule has 1 aliphatic rings. The number of rotatable bonds is 3. The van der Waals surface area contributed by atoms with Crippen molar-refractivity contribution >= 4 is 17.5 Å². The van der Waals surface area contributed by atoms with Crippen LogP contribution in [-0.4, -0.2) is 32.0 Å². The highest BCUT2D eigenvalue weighted by molar-refractivity contribution is 6.02. The number of benzene rings is 1. The highest BCUT2D eigenvalue weighted by Crippen LogP contribution is 2.25. The van der Waals surface area contributed by atoms with Crippen LogP contribution in [0.5, 0.6) is 0 Å². The van der Waals surface area contributed by atoms with Crippen LogP contribution in [0.4, 0.5) is 14.5 Å². The van der Waals surface area contributed by atoms with E-state index < -0.39 is 23.4 Å². The first-order valence-corrected chi connectivity index (χ1v) is 5.71. The van der Waals surface area contributed by atoms with Crippen LogP contribution in [0.3, 0.4) is 0 Å². The van der Waals surface area contributed by atoms with E-state index in [1.54, 1.807) is 7.05 Å². The largest absolute Gasteiger partial charge is 0.348 e. The molecule has 1 fully saturated rings. The molecule has 2 amide bonds. The molecule has 5 nitrogen and oxygen atoms in total. The number of anilines is 1. The van der Waals surface area contributed by atoms with E-state index in [4.69, 9.17) is 0 Å². The molecule has 0 bridgehead atoms. The maximum Gasteiger partial charge on any atom is 0.246 e. The van der Waals surface area contributed by atoms with Crippen molar-refractivity contribution in [3.8, 4) is 0 Å². The van der Waals surface area contributed by atoms with Crippen LogP contribution in [0.2, 0.25) is 0 Å². The molecular formula is C12H13F2N3O2. The van der Waals surface area contributed by atoms with Crippen molar-refractivity contribution in [3.05, 3.63) is 29.3 Å². The molecule has 1 saturated heterocycles. The third kappa shape index (κ3) is 2.87. The van der Waals surface area contributed by atoms with E-state index in [9.17, 15) is 18.4 Å². The van der Waals surface area contributed by atoms with Gasteiger partial charge in [-0.15, -0.1) is 0 Å². The molecule has 0 atom stereocenters. The number of nitrogens with zero attached hydrogens (tertiary/aromatic N) is 1. The van der Waals surface area contributed by atoms with E-state index in [1.807, 2.05) is 0 Å². The normalized spacial score (nSPS) is 15.6. The Morgan fingerprint density at radius 2 is 1.74 bits per heavy atom. The third-order valence-electron chi connectivity index (χ3n) is 2.72. The van der Waals surface area contributed by atoms with Gasteiger partial charge in [-0.3, -0.25) is 14.9 Å². The summed E-state index contributed by atoms with van der Waals surface area (Å²) < 4.78 is 27.8. The Labute approximate surface area is 108 Å². The zero-order valence-electron chi connectivity index (χ0n) is 10.3. The van der Waals surface area contributed by atoms with Gasteiger partial charge in [-0.05, 0) is 24.7 Å². The Kier molecular flexibility index (Phi) is 3.75. The number of imide groups is 1. The fourth-order valence-corrected chi connectivity index (χ4v) is 2.02. The first-order valence-electron chi connectivity index (χ1n) is 5.71. The van der Waals surface area contributed by atoms with Gasteiger partial charge in [-0.1, -0.05) is 0 Å². The average Bonchev–Trinajstić information content (AvgIpc) is 2.26. The van der Waals surface area contributed by atoms with Crippen LogP contribution >= 0.6 is 0 Å². The predicted octanol–water partition coefficient (Wildman–Crippen LogP) is 0.147. The molecule has 2 rings (SSSR count). The molecule has 2 N–H and O–H groups in total. The minimum absolute atomic E-state index is 0.245. The fourth-order valence-electron chi connectivity index (χ4n) is 2.02. The fraction of sp³-hybridized carbons (Fsp3) is 0.333. The maximum absolute atomic E-state index is 13.9. The van der Waals surface area contributed by atoms with E-state index in [0.717, 1.165) is 4.90 Å².